The molecule has 0 aliphatic heterocycles. The van der Waals surface area contributed by atoms with Crippen molar-refractivity contribution in [3.05, 3.63) is 43.5 Å². The molecule has 90 valence electrons. The van der Waals surface area contributed by atoms with E-state index in [-0.39, 0.29) is 5.82 Å². The zero-order chi connectivity index (χ0) is 12.4. The van der Waals surface area contributed by atoms with Crippen molar-refractivity contribution in [3.63, 3.8) is 0 Å². The van der Waals surface area contributed by atoms with E-state index in [2.05, 4.69) is 26.2 Å². The molecule has 2 nitrogen and oxygen atoms in total. The number of rotatable bonds is 3. The van der Waals surface area contributed by atoms with Gasteiger partial charge < -0.3 is 5.32 Å². The fraction of sp³-hybridized carbons (Fsp3) is 0.182. The lowest BCUT2D eigenvalue weighted by atomic mass is 10.2. The molecule has 0 radical (unpaired) electrons. The minimum Gasteiger partial charge on any atom is -0.378 e. The summed E-state index contributed by atoms with van der Waals surface area (Å²) in [5.74, 6) is -0.233. The Morgan fingerprint density at radius 2 is 2.29 bits per heavy atom. The van der Waals surface area contributed by atoms with E-state index in [0.717, 1.165) is 9.35 Å². The van der Waals surface area contributed by atoms with Crippen LogP contribution in [0.15, 0.2) is 22.8 Å². The van der Waals surface area contributed by atoms with E-state index in [1.807, 2.05) is 0 Å². The van der Waals surface area contributed by atoms with E-state index in [4.69, 9.17) is 11.6 Å². The molecule has 0 fully saturated rings. The molecule has 1 heterocycles. The third kappa shape index (κ3) is 3.18. The minimum atomic E-state index is -0.233. The monoisotopic (exact) mass is 334 g/mol. The Balaban J connectivity index is 2.14. The number of nitrogens with zero attached hydrogens (tertiary/aromatic N) is 1. The number of benzene rings is 1. The number of aryl methyl sites for hydroxylation is 1. The van der Waals surface area contributed by atoms with E-state index in [1.165, 1.54) is 11.3 Å². The summed E-state index contributed by atoms with van der Waals surface area (Å²) in [7, 11) is 0. The van der Waals surface area contributed by atoms with Crippen LogP contribution in [-0.2, 0) is 6.54 Å². The lowest BCUT2D eigenvalue weighted by Gasteiger charge is -2.08. The number of hydrogen-bond donors (Lipinski definition) is 1. The van der Waals surface area contributed by atoms with Gasteiger partial charge in [0.25, 0.3) is 0 Å². The average molecular weight is 336 g/mol. The lowest BCUT2D eigenvalue weighted by molar-refractivity contribution is 0.620. The second-order valence-corrected chi connectivity index (χ2v) is 6.13. The van der Waals surface area contributed by atoms with Crippen LogP contribution < -0.4 is 5.32 Å². The fourth-order valence-electron chi connectivity index (χ4n) is 1.40. The normalized spacial score (nSPS) is 10.6. The van der Waals surface area contributed by atoms with E-state index in [9.17, 15) is 4.39 Å². The maximum atomic E-state index is 13.8. The van der Waals surface area contributed by atoms with Crippen LogP contribution in [-0.4, -0.2) is 4.98 Å². The first-order valence-corrected chi connectivity index (χ1v) is 6.84. The zero-order valence-electron chi connectivity index (χ0n) is 8.93. The van der Waals surface area contributed by atoms with Gasteiger partial charge >= 0.3 is 0 Å². The van der Waals surface area contributed by atoms with Gasteiger partial charge in [-0.1, -0.05) is 27.5 Å². The summed E-state index contributed by atoms with van der Waals surface area (Å²) in [5.41, 5.74) is 1.07. The molecule has 6 heteroatoms. The first kappa shape index (κ1) is 12.8. The van der Waals surface area contributed by atoms with Crippen molar-refractivity contribution in [2.75, 3.05) is 5.32 Å². The van der Waals surface area contributed by atoms with Crippen molar-refractivity contribution in [1.82, 2.24) is 4.98 Å². The van der Waals surface area contributed by atoms with Gasteiger partial charge in [0.2, 0.25) is 0 Å². The van der Waals surface area contributed by atoms with E-state index >= 15 is 0 Å². The number of nitrogens with one attached hydrogen (secondary N) is 1. The van der Waals surface area contributed by atoms with Gasteiger partial charge in [-0.05, 0) is 24.6 Å². The van der Waals surface area contributed by atoms with Crippen LogP contribution in [0, 0.1) is 12.7 Å². The summed E-state index contributed by atoms with van der Waals surface area (Å²) >= 11 is 10.4. The van der Waals surface area contributed by atoms with Crippen molar-refractivity contribution >= 4 is 44.6 Å². The third-order valence-electron chi connectivity index (χ3n) is 2.20. The molecule has 0 atom stereocenters. The summed E-state index contributed by atoms with van der Waals surface area (Å²) < 4.78 is 15.1. The van der Waals surface area contributed by atoms with Crippen LogP contribution in [0.1, 0.15) is 10.4 Å². The van der Waals surface area contributed by atoms with E-state index < -0.39 is 0 Å². The van der Waals surface area contributed by atoms with Gasteiger partial charge in [0, 0.05) is 15.5 Å². The molecule has 0 spiro atoms. The highest BCUT2D eigenvalue weighted by Gasteiger charge is 2.07. The summed E-state index contributed by atoms with van der Waals surface area (Å²) in [5, 5.41) is 3.03. The van der Waals surface area contributed by atoms with Gasteiger partial charge in [-0.25, -0.2) is 9.37 Å². The van der Waals surface area contributed by atoms with Crippen LogP contribution >= 0.6 is 38.9 Å². The predicted molar refractivity (Wildman–Crippen MR) is 73.3 cm³/mol. The highest BCUT2D eigenvalue weighted by molar-refractivity contribution is 9.10. The molecule has 1 N–H and O–H groups in total. The minimum absolute atomic E-state index is 0.233. The Hall–Kier alpha value is -0.650. The molecule has 1 aromatic carbocycles. The smallest absolute Gasteiger partial charge is 0.183 e. The van der Waals surface area contributed by atoms with Crippen LogP contribution in [0.3, 0.4) is 0 Å². The number of thiazole rings is 1. The molecule has 0 amide bonds. The van der Waals surface area contributed by atoms with Gasteiger partial charge in [-0.15, -0.1) is 11.3 Å². The highest BCUT2D eigenvalue weighted by Crippen LogP contribution is 2.25. The summed E-state index contributed by atoms with van der Waals surface area (Å²) in [4.78, 5) is 4.89. The summed E-state index contributed by atoms with van der Waals surface area (Å²) in [6.07, 6.45) is 1.68. The van der Waals surface area contributed by atoms with Crippen LogP contribution in [0.25, 0.3) is 0 Å². The molecular formula is C11H9BrClFN2S. The Morgan fingerprint density at radius 1 is 1.53 bits per heavy atom. The topological polar surface area (TPSA) is 24.9 Å². The number of aromatic nitrogens is 1. The largest absolute Gasteiger partial charge is 0.378 e. The van der Waals surface area contributed by atoms with Crippen molar-refractivity contribution in [1.29, 1.82) is 0 Å². The molecule has 0 unspecified atom stereocenters. The van der Waals surface area contributed by atoms with E-state index in [1.54, 1.807) is 25.3 Å². The quantitative estimate of drug-likeness (QED) is 0.885. The Labute approximate surface area is 116 Å². The van der Waals surface area contributed by atoms with Crippen molar-refractivity contribution < 1.29 is 4.39 Å². The van der Waals surface area contributed by atoms with Crippen LogP contribution in [0.4, 0.5) is 10.1 Å². The Morgan fingerprint density at radius 3 is 2.94 bits per heavy atom. The molecule has 2 aromatic rings. The van der Waals surface area contributed by atoms with Crippen molar-refractivity contribution in [2.24, 2.45) is 0 Å². The molecule has 0 aliphatic carbocycles. The second-order valence-electron chi connectivity index (χ2n) is 3.52. The molecule has 17 heavy (non-hydrogen) atoms. The molecule has 2 rings (SSSR count). The van der Waals surface area contributed by atoms with Gasteiger partial charge in [0.15, 0.2) is 4.47 Å². The second kappa shape index (κ2) is 5.33. The molecule has 0 saturated heterocycles. The van der Waals surface area contributed by atoms with Gasteiger partial charge in [0.05, 0.1) is 12.2 Å². The Bertz CT molecular complexity index is 544. The van der Waals surface area contributed by atoms with Crippen molar-refractivity contribution in [2.45, 2.75) is 13.5 Å². The molecule has 1 aromatic heterocycles. The Kier molecular flexibility index (Phi) is 4.01. The predicted octanol–water partition coefficient (Wildman–Crippen LogP) is 4.62. The van der Waals surface area contributed by atoms with E-state index in [0.29, 0.717) is 22.3 Å². The molecule has 0 aliphatic rings. The maximum Gasteiger partial charge on any atom is 0.183 e. The number of halogens is 3. The van der Waals surface area contributed by atoms with Crippen LogP contribution in [0.5, 0.6) is 0 Å². The number of hydrogen-bond acceptors (Lipinski definition) is 3. The van der Waals surface area contributed by atoms with Crippen LogP contribution in [0.2, 0.25) is 4.47 Å². The summed E-state index contributed by atoms with van der Waals surface area (Å²) in [6, 6.07) is 3.45. The molecule has 0 saturated carbocycles. The first-order chi connectivity index (χ1) is 8.06. The van der Waals surface area contributed by atoms with Gasteiger partial charge in [0.1, 0.15) is 5.82 Å². The van der Waals surface area contributed by atoms with Crippen molar-refractivity contribution in [3.8, 4) is 0 Å². The fourth-order valence-corrected chi connectivity index (χ4v) is 2.89. The average Bonchev–Trinajstić information content (AvgIpc) is 2.67. The lowest BCUT2D eigenvalue weighted by Crippen LogP contribution is -2.01. The zero-order valence-corrected chi connectivity index (χ0v) is 12.1. The molecule has 0 bridgehead atoms. The summed E-state index contributed by atoms with van der Waals surface area (Å²) in [6.45, 7) is 2.24. The third-order valence-corrected chi connectivity index (χ3v) is 3.77. The van der Waals surface area contributed by atoms with Gasteiger partial charge in [-0.3, -0.25) is 0 Å². The SMILES string of the molecule is Cc1cc(Br)cc(NCc2cnc(Cl)s2)c1F. The maximum absolute atomic E-state index is 13.8. The first-order valence-electron chi connectivity index (χ1n) is 4.86. The highest BCUT2D eigenvalue weighted by atomic mass is 79.9. The standard InChI is InChI=1S/C11H9BrClFN2S/c1-6-2-7(12)3-9(10(6)14)15-4-8-5-16-11(13)17-8/h2-3,5,15H,4H2,1H3. The number of anilines is 1. The van der Waals surface area contributed by atoms with Gasteiger partial charge in [-0.2, -0.15) is 0 Å². The molecular weight excluding hydrogens is 327 g/mol.